The van der Waals surface area contributed by atoms with Crippen LogP contribution in [0.5, 0.6) is 0 Å². The van der Waals surface area contributed by atoms with Gasteiger partial charge in [0.2, 0.25) is 5.91 Å². The summed E-state index contributed by atoms with van der Waals surface area (Å²) in [5.41, 5.74) is 4.92. The molecule has 3 N–H and O–H groups in total. The van der Waals surface area contributed by atoms with Crippen LogP contribution in [-0.2, 0) is 11.0 Å². The molecular formula is C13H16BrF3N2O. The van der Waals surface area contributed by atoms with Crippen molar-refractivity contribution in [2.24, 2.45) is 5.73 Å². The molecule has 1 amide bonds. The molecule has 1 atom stereocenters. The monoisotopic (exact) mass is 352 g/mol. The zero-order chi connectivity index (χ0) is 15.3. The van der Waals surface area contributed by atoms with Crippen LogP contribution in [0.2, 0.25) is 0 Å². The van der Waals surface area contributed by atoms with E-state index in [-0.39, 0.29) is 5.69 Å². The Morgan fingerprint density at radius 2 is 2.10 bits per heavy atom. The molecule has 0 bridgehead atoms. The third-order valence-corrected chi connectivity index (χ3v) is 3.45. The number of nitrogens with two attached hydrogens (primary N) is 1. The zero-order valence-corrected chi connectivity index (χ0v) is 12.5. The average molecular weight is 353 g/mol. The number of anilines is 1. The Bertz CT molecular complexity index is 477. The molecule has 112 valence electrons. The Labute approximate surface area is 123 Å². The molecule has 0 heterocycles. The smallest absolute Gasteiger partial charge is 0.324 e. The summed E-state index contributed by atoms with van der Waals surface area (Å²) in [4.78, 5) is 11.8. The summed E-state index contributed by atoms with van der Waals surface area (Å²) in [6.45, 7) is 1.97. The maximum absolute atomic E-state index is 12.6. The summed E-state index contributed by atoms with van der Waals surface area (Å²) in [6.07, 6.45) is -2.27. The van der Waals surface area contributed by atoms with E-state index in [9.17, 15) is 18.0 Å². The molecule has 0 aliphatic carbocycles. The van der Waals surface area contributed by atoms with E-state index in [4.69, 9.17) is 5.73 Å². The van der Waals surface area contributed by atoms with Crippen molar-refractivity contribution in [1.82, 2.24) is 0 Å². The highest BCUT2D eigenvalue weighted by atomic mass is 79.9. The lowest BCUT2D eigenvalue weighted by atomic mass is 10.1. The van der Waals surface area contributed by atoms with Crippen molar-refractivity contribution in [2.75, 3.05) is 5.32 Å². The number of amides is 1. The molecular weight excluding hydrogens is 337 g/mol. The van der Waals surface area contributed by atoms with Crippen molar-refractivity contribution in [2.45, 2.75) is 38.4 Å². The molecule has 1 aromatic carbocycles. The Kier molecular flexibility index (Phi) is 6.01. The number of halogens is 4. The summed E-state index contributed by atoms with van der Waals surface area (Å²) < 4.78 is 38.2. The van der Waals surface area contributed by atoms with E-state index < -0.39 is 23.7 Å². The molecule has 0 fully saturated rings. The minimum Gasteiger partial charge on any atom is -0.324 e. The highest BCUT2D eigenvalue weighted by molar-refractivity contribution is 9.10. The Hall–Kier alpha value is -1.08. The molecule has 0 unspecified atom stereocenters. The molecule has 1 aromatic rings. The van der Waals surface area contributed by atoms with E-state index >= 15 is 0 Å². The van der Waals surface area contributed by atoms with Gasteiger partial charge in [-0.3, -0.25) is 4.79 Å². The maximum atomic E-state index is 12.6. The fraction of sp³-hybridized carbons (Fsp3) is 0.462. The first kappa shape index (κ1) is 17.0. The van der Waals surface area contributed by atoms with Crippen LogP contribution in [0.3, 0.4) is 0 Å². The van der Waals surface area contributed by atoms with Gasteiger partial charge < -0.3 is 11.1 Å². The molecule has 1 rings (SSSR count). The maximum Gasteiger partial charge on any atom is 0.416 e. The first-order chi connectivity index (χ1) is 9.25. The highest BCUT2D eigenvalue weighted by Gasteiger charge is 2.31. The Morgan fingerprint density at radius 3 is 2.65 bits per heavy atom. The SMILES string of the molecule is CCCC[C@H](N)C(=O)Nc1cc(C(F)(F)F)ccc1Br. The van der Waals surface area contributed by atoms with E-state index in [0.717, 1.165) is 25.0 Å². The summed E-state index contributed by atoms with van der Waals surface area (Å²) in [5.74, 6) is -0.488. The second kappa shape index (κ2) is 7.08. The van der Waals surface area contributed by atoms with Crippen molar-refractivity contribution in [1.29, 1.82) is 0 Å². The minimum absolute atomic E-state index is 0.0665. The predicted molar refractivity (Wildman–Crippen MR) is 75.3 cm³/mol. The minimum atomic E-state index is -4.45. The van der Waals surface area contributed by atoms with Crippen LogP contribution in [0.25, 0.3) is 0 Å². The normalized spacial score (nSPS) is 13.1. The fourth-order valence-corrected chi connectivity index (χ4v) is 1.92. The van der Waals surface area contributed by atoms with Crippen LogP contribution in [0.15, 0.2) is 22.7 Å². The number of hydrogen-bond acceptors (Lipinski definition) is 2. The van der Waals surface area contributed by atoms with Crippen molar-refractivity contribution in [3.8, 4) is 0 Å². The topological polar surface area (TPSA) is 55.1 Å². The molecule has 0 aromatic heterocycles. The Balaban J connectivity index is 2.84. The van der Waals surface area contributed by atoms with Crippen LogP contribution < -0.4 is 11.1 Å². The van der Waals surface area contributed by atoms with Crippen LogP contribution in [0.1, 0.15) is 31.7 Å². The van der Waals surface area contributed by atoms with E-state index in [1.807, 2.05) is 6.92 Å². The number of alkyl halides is 3. The molecule has 0 aliphatic rings. The highest BCUT2D eigenvalue weighted by Crippen LogP contribution is 2.34. The van der Waals surface area contributed by atoms with Gasteiger partial charge in [-0.25, -0.2) is 0 Å². The van der Waals surface area contributed by atoms with Crippen LogP contribution in [0, 0.1) is 0 Å². The molecule has 0 aliphatic heterocycles. The standard InChI is InChI=1S/C13H16BrF3N2O/c1-2-3-4-10(18)12(20)19-11-7-8(13(15,16)17)5-6-9(11)14/h5-7,10H,2-4,18H2,1H3,(H,19,20)/t10-/m0/s1. The van der Waals surface area contributed by atoms with Gasteiger partial charge in [-0.05, 0) is 40.5 Å². The lowest BCUT2D eigenvalue weighted by molar-refractivity contribution is -0.137. The lowest BCUT2D eigenvalue weighted by Crippen LogP contribution is -2.35. The predicted octanol–water partition coefficient (Wildman–Crippen LogP) is 3.92. The first-order valence-corrected chi connectivity index (χ1v) is 6.98. The second-order valence-corrected chi connectivity index (χ2v) is 5.28. The summed E-state index contributed by atoms with van der Waals surface area (Å²) >= 11 is 3.10. The van der Waals surface area contributed by atoms with Gasteiger partial charge >= 0.3 is 6.18 Å². The summed E-state index contributed by atoms with van der Waals surface area (Å²) in [6, 6.07) is 2.35. The zero-order valence-electron chi connectivity index (χ0n) is 10.9. The number of nitrogens with one attached hydrogen (secondary N) is 1. The number of hydrogen-bond donors (Lipinski definition) is 2. The van der Waals surface area contributed by atoms with Gasteiger partial charge in [-0.1, -0.05) is 19.8 Å². The number of unbranched alkanes of at least 4 members (excludes halogenated alkanes) is 1. The molecule has 3 nitrogen and oxygen atoms in total. The molecule has 0 spiro atoms. The number of benzene rings is 1. The average Bonchev–Trinajstić information content (AvgIpc) is 2.37. The van der Waals surface area contributed by atoms with Gasteiger partial charge in [0.1, 0.15) is 0 Å². The van der Waals surface area contributed by atoms with Crippen molar-refractivity contribution < 1.29 is 18.0 Å². The lowest BCUT2D eigenvalue weighted by Gasteiger charge is -2.14. The fourth-order valence-electron chi connectivity index (χ4n) is 1.58. The second-order valence-electron chi connectivity index (χ2n) is 4.43. The van der Waals surface area contributed by atoms with Gasteiger partial charge in [0.25, 0.3) is 0 Å². The summed E-state index contributed by atoms with van der Waals surface area (Å²) in [5, 5.41) is 2.42. The third kappa shape index (κ3) is 4.79. The van der Waals surface area contributed by atoms with E-state index in [0.29, 0.717) is 10.9 Å². The molecule has 0 saturated heterocycles. The van der Waals surface area contributed by atoms with Gasteiger partial charge in [-0.2, -0.15) is 13.2 Å². The number of carbonyl (C=O) groups excluding carboxylic acids is 1. The quantitative estimate of drug-likeness (QED) is 0.843. The third-order valence-electron chi connectivity index (χ3n) is 2.76. The van der Waals surface area contributed by atoms with Crippen LogP contribution in [0.4, 0.5) is 18.9 Å². The molecule has 0 saturated carbocycles. The van der Waals surface area contributed by atoms with Gasteiger partial charge in [0.05, 0.1) is 17.3 Å². The first-order valence-electron chi connectivity index (χ1n) is 6.19. The van der Waals surface area contributed by atoms with Gasteiger partial charge in [0, 0.05) is 4.47 Å². The van der Waals surface area contributed by atoms with Crippen molar-refractivity contribution in [3.05, 3.63) is 28.2 Å². The molecule has 20 heavy (non-hydrogen) atoms. The van der Waals surface area contributed by atoms with E-state index in [1.54, 1.807) is 0 Å². The number of rotatable bonds is 5. The van der Waals surface area contributed by atoms with E-state index in [1.165, 1.54) is 6.07 Å². The van der Waals surface area contributed by atoms with Crippen molar-refractivity contribution in [3.63, 3.8) is 0 Å². The van der Waals surface area contributed by atoms with Crippen LogP contribution in [-0.4, -0.2) is 11.9 Å². The largest absolute Gasteiger partial charge is 0.416 e. The van der Waals surface area contributed by atoms with Crippen molar-refractivity contribution >= 4 is 27.5 Å². The van der Waals surface area contributed by atoms with E-state index in [2.05, 4.69) is 21.2 Å². The molecule has 7 heteroatoms. The van der Waals surface area contributed by atoms with Gasteiger partial charge in [0.15, 0.2) is 0 Å². The molecule has 0 radical (unpaired) electrons. The Morgan fingerprint density at radius 1 is 1.45 bits per heavy atom. The van der Waals surface area contributed by atoms with Gasteiger partial charge in [-0.15, -0.1) is 0 Å². The number of carbonyl (C=O) groups is 1. The van der Waals surface area contributed by atoms with Crippen LogP contribution >= 0.6 is 15.9 Å². The summed E-state index contributed by atoms with van der Waals surface area (Å²) in [7, 11) is 0.